The van der Waals surface area contributed by atoms with E-state index in [1.54, 1.807) is 20.8 Å². The minimum Gasteiger partial charge on any atom is -0.481 e. The number of carboxylic acid groups (broad SMARTS) is 1. The smallest absolute Gasteiger partial charge is 0.410 e. The summed E-state index contributed by atoms with van der Waals surface area (Å²) in [4.78, 5) is 22.0. The maximum absolute atomic E-state index is 11.5. The number of alkyl carbamates (subject to hydrolysis) is 1. The Morgan fingerprint density at radius 2 is 1.84 bits per heavy atom. The molecule has 0 rings (SSSR count). The lowest BCUT2D eigenvalue weighted by molar-refractivity contribution is -0.214. The van der Waals surface area contributed by atoms with Gasteiger partial charge in [0.05, 0.1) is 6.42 Å². The fourth-order valence-corrected chi connectivity index (χ4v) is 1.22. The molecule has 2 atom stereocenters. The van der Waals surface area contributed by atoms with Crippen molar-refractivity contribution in [2.45, 2.75) is 51.2 Å². The number of aliphatic hydroxyl groups is 2. The number of hydrogen-bond donors (Lipinski definition) is 4. The Morgan fingerprint density at radius 3 is 2.21 bits per heavy atom. The van der Waals surface area contributed by atoms with Gasteiger partial charge in [0.15, 0.2) is 5.72 Å². The second kappa shape index (κ2) is 6.69. The molecule has 0 fully saturated rings. The maximum Gasteiger partial charge on any atom is 0.410 e. The Hall–Kier alpha value is -1.38. The summed E-state index contributed by atoms with van der Waals surface area (Å²) in [6, 6.07) is 0. The van der Waals surface area contributed by atoms with Crippen molar-refractivity contribution in [3.05, 3.63) is 0 Å². The number of carboxylic acids is 1. The second-order valence-electron chi connectivity index (χ2n) is 5.03. The number of aliphatic carboxylic acids is 1. The average Bonchev–Trinajstić information content (AvgIpc) is 2.22. The number of nitrogens with one attached hydrogen (secondary N) is 1. The molecule has 4 N–H and O–H groups in total. The van der Waals surface area contributed by atoms with Crippen LogP contribution in [0.1, 0.15) is 33.6 Å². The van der Waals surface area contributed by atoms with Crippen LogP contribution in [0.3, 0.4) is 0 Å². The van der Waals surface area contributed by atoms with E-state index in [9.17, 15) is 19.8 Å². The van der Waals surface area contributed by atoms with Crippen LogP contribution in [-0.2, 0) is 14.3 Å². The van der Waals surface area contributed by atoms with Crippen LogP contribution >= 0.6 is 0 Å². The zero-order valence-corrected chi connectivity index (χ0v) is 11.5. The first-order valence-electron chi connectivity index (χ1n) is 5.66. The van der Waals surface area contributed by atoms with Gasteiger partial charge in [0.25, 0.3) is 0 Å². The quantitative estimate of drug-likeness (QED) is 0.505. The summed E-state index contributed by atoms with van der Waals surface area (Å²) in [6.07, 6.45) is -3.67. The van der Waals surface area contributed by atoms with E-state index >= 15 is 0 Å². The molecule has 8 heteroatoms. The van der Waals surface area contributed by atoms with Gasteiger partial charge in [-0.2, -0.15) is 0 Å². The van der Waals surface area contributed by atoms with Gasteiger partial charge < -0.3 is 24.8 Å². The van der Waals surface area contributed by atoms with E-state index in [0.29, 0.717) is 0 Å². The molecule has 0 spiro atoms. The van der Waals surface area contributed by atoms with Crippen molar-refractivity contribution in [1.82, 2.24) is 5.32 Å². The summed E-state index contributed by atoms with van der Waals surface area (Å²) in [5.41, 5.74) is -3.04. The molecule has 2 unspecified atom stereocenters. The van der Waals surface area contributed by atoms with Crippen LogP contribution in [0.5, 0.6) is 0 Å². The van der Waals surface area contributed by atoms with Gasteiger partial charge in [-0.1, -0.05) is 0 Å². The lowest BCUT2D eigenvalue weighted by Gasteiger charge is -2.33. The Balaban J connectivity index is 4.76. The van der Waals surface area contributed by atoms with Gasteiger partial charge in [0.1, 0.15) is 5.60 Å². The molecule has 0 radical (unpaired) electrons. The highest BCUT2D eigenvalue weighted by atomic mass is 16.6. The standard InChI is InChI=1S/C11H21NO7/c1-10(2,3)19-9(16)12-11(17,8(15)18-4)6-5-7(13)14/h8,15,17H,5-6H2,1-4H3,(H,12,16)(H,13,14). The minimum atomic E-state index is -2.24. The number of amides is 1. The minimum absolute atomic E-state index is 0.434. The molecule has 0 aliphatic carbocycles. The van der Waals surface area contributed by atoms with Crippen LogP contribution in [-0.4, -0.2) is 52.1 Å². The third-order valence-electron chi connectivity index (χ3n) is 2.07. The van der Waals surface area contributed by atoms with Crippen molar-refractivity contribution in [1.29, 1.82) is 0 Å². The van der Waals surface area contributed by atoms with Crippen LogP contribution in [0, 0.1) is 0 Å². The Kier molecular flexibility index (Phi) is 6.20. The predicted molar refractivity (Wildman–Crippen MR) is 64.2 cm³/mol. The molecule has 0 bridgehead atoms. The number of carbonyl (C=O) groups is 2. The number of hydrogen-bond acceptors (Lipinski definition) is 6. The monoisotopic (exact) mass is 279 g/mol. The van der Waals surface area contributed by atoms with Gasteiger partial charge in [-0.15, -0.1) is 0 Å². The van der Waals surface area contributed by atoms with E-state index in [2.05, 4.69) is 4.74 Å². The molecule has 19 heavy (non-hydrogen) atoms. The summed E-state index contributed by atoms with van der Waals surface area (Å²) in [5.74, 6) is -1.19. The maximum atomic E-state index is 11.5. The van der Waals surface area contributed by atoms with Gasteiger partial charge in [-0.25, -0.2) is 4.79 Å². The lowest BCUT2D eigenvalue weighted by Crippen LogP contribution is -2.58. The molecule has 0 aromatic carbocycles. The van der Waals surface area contributed by atoms with Crippen molar-refractivity contribution in [2.75, 3.05) is 7.11 Å². The molecule has 0 aliphatic heterocycles. The molecular weight excluding hydrogens is 258 g/mol. The average molecular weight is 279 g/mol. The van der Waals surface area contributed by atoms with Crippen molar-refractivity contribution in [3.8, 4) is 0 Å². The Labute approximate surface area is 111 Å². The van der Waals surface area contributed by atoms with Crippen LogP contribution in [0.25, 0.3) is 0 Å². The third-order valence-corrected chi connectivity index (χ3v) is 2.07. The molecule has 0 aliphatic rings. The molecule has 0 saturated heterocycles. The molecule has 112 valence electrons. The van der Waals surface area contributed by atoms with Gasteiger partial charge in [0, 0.05) is 13.5 Å². The summed E-state index contributed by atoms with van der Waals surface area (Å²) in [6.45, 7) is 4.86. The van der Waals surface area contributed by atoms with Gasteiger partial charge in [-0.3, -0.25) is 10.1 Å². The summed E-state index contributed by atoms with van der Waals surface area (Å²) < 4.78 is 9.43. The van der Waals surface area contributed by atoms with Crippen molar-refractivity contribution in [2.24, 2.45) is 0 Å². The molecular formula is C11H21NO7. The second-order valence-corrected chi connectivity index (χ2v) is 5.03. The zero-order chi connectivity index (χ0) is 15.3. The Bertz CT molecular complexity index is 325. The van der Waals surface area contributed by atoms with Crippen LogP contribution < -0.4 is 5.32 Å². The lowest BCUT2D eigenvalue weighted by atomic mass is 10.1. The van der Waals surface area contributed by atoms with Gasteiger partial charge in [-0.05, 0) is 20.8 Å². The van der Waals surface area contributed by atoms with E-state index in [-0.39, 0.29) is 0 Å². The summed E-state index contributed by atoms with van der Waals surface area (Å²) in [5, 5.41) is 30.1. The van der Waals surface area contributed by atoms with E-state index in [1.807, 2.05) is 5.32 Å². The first-order valence-corrected chi connectivity index (χ1v) is 5.66. The largest absolute Gasteiger partial charge is 0.481 e. The first-order chi connectivity index (χ1) is 8.50. The number of carbonyl (C=O) groups excluding carboxylic acids is 1. The van der Waals surface area contributed by atoms with Crippen LogP contribution in [0.15, 0.2) is 0 Å². The first kappa shape index (κ1) is 17.6. The molecule has 0 saturated carbocycles. The summed E-state index contributed by atoms with van der Waals surface area (Å²) in [7, 11) is 1.10. The zero-order valence-electron chi connectivity index (χ0n) is 11.5. The number of ether oxygens (including phenoxy) is 2. The van der Waals surface area contributed by atoms with Gasteiger partial charge in [0.2, 0.25) is 6.29 Å². The summed E-state index contributed by atoms with van der Waals surface area (Å²) >= 11 is 0. The number of methoxy groups -OCH3 is 1. The SMILES string of the molecule is COC(O)C(O)(CCC(=O)O)NC(=O)OC(C)(C)C. The molecule has 8 nitrogen and oxygen atoms in total. The highest BCUT2D eigenvalue weighted by Crippen LogP contribution is 2.17. The highest BCUT2D eigenvalue weighted by Gasteiger charge is 2.39. The fourth-order valence-electron chi connectivity index (χ4n) is 1.22. The van der Waals surface area contributed by atoms with E-state index in [1.165, 1.54) is 0 Å². The highest BCUT2D eigenvalue weighted by molar-refractivity contribution is 5.69. The topological polar surface area (TPSA) is 125 Å². The third kappa shape index (κ3) is 6.94. The van der Waals surface area contributed by atoms with Crippen molar-refractivity contribution < 1.29 is 34.4 Å². The molecule has 1 amide bonds. The number of rotatable bonds is 6. The molecule has 0 heterocycles. The van der Waals surface area contributed by atoms with Gasteiger partial charge >= 0.3 is 12.1 Å². The van der Waals surface area contributed by atoms with Crippen molar-refractivity contribution in [3.63, 3.8) is 0 Å². The van der Waals surface area contributed by atoms with E-state index in [0.717, 1.165) is 7.11 Å². The van der Waals surface area contributed by atoms with Crippen molar-refractivity contribution >= 4 is 12.1 Å². The normalized spacial score (nSPS) is 16.3. The molecule has 0 aromatic heterocycles. The van der Waals surface area contributed by atoms with Crippen LogP contribution in [0.2, 0.25) is 0 Å². The Morgan fingerprint density at radius 1 is 1.32 bits per heavy atom. The predicted octanol–water partition coefficient (Wildman–Crippen LogP) is 0.0293. The van der Waals surface area contributed by atoms with E-state index < -0.39 is 42.5 Å². The van der Waals surface area contributed by atoms with Crippen LogP contribution in [0.4, 0.5) is 4.79 Å². The van der Waals surface area contributed by atoms with E-state index in [4.69, 9.17) is 9.84 Å². The fraction of sp³-hybridized carbons (Fsp3) is 0.818. The number of aliphatic hydroxyl groups excluding tert-OH is 1. The molecule has 0 aromatic rings.